The number of hydrogen-bond acceptors (Lipinski definition) is 4. The third-order valence-corrected chi connectivity index (χ3v) is 7.31. The van der Waals surface area contributed by atoms with E-state index in [0.29, 0.717) is 23.7 Å². The summed E-state index contributed by atoms with van der Waals surface area (Å²) in [6, 6.07) is 9.17. The molecule has 1 aromatic carbocycles. The zero-order valence-electron chi connectivity index (χ0n) is 14.2. The van der Waals surface area contributed by atoms with E-state index in [9.17, 15) is 8.42 Å². The molecule has 1 heterocycles. The fraction of sp³-hybridized carbons (Fsp3) is 0.684. The van der Waals surface area contributed by atoms with Crippen molar-refractivity contribution in [2.75, 3.05) is 11.5 Å². The van der Waals surface area contributed by atoms with Crippen LogP contribution < -0.4 is 4.74 Å². The molecule has 132 valence electrons. The predicted octanol–water partition coefficient (Wildman–Crippen LogP) is 3.16. The second-order valence-corrected chi connectivity index (χ2v) is 9.86. The Labute approximate surface area is 145 Å². The van der Waals surface area contributed by atoms with Crippen molar-refractivity contribution in [3.05, 3.63) is 29.8 Å². The van der Waals surface area contributed by atoms with Gasteiger partial charge in [-0.1, -0.05) is 12.1 Å². The van der Waals surface area contributed by atoms with E-state index in [1.807, 2.05) is 6.07 Å². The Morgan fingerprint density at radius 3 is 2.50 bits per heavy atom. The molecule has 0 N–H and O–H groups in total. The largest absolute Gasteiger partial charge is 0.490 e. The zero-order valence-corrected chi connectivity index (χ0v) is 15.0. The first kappa shape index (κ1) is 16.4. The molecule has 0 aromatic heterocycles. The summed E-state index contributed by atoms with van der Waals surface area (Å²) in [6.45, 7) is 0.840. The summed E-state index contributed by atoms with van der Waals surface area (Å²) in [7, 11) is -2.83. The van der Waals surface area contributed by atoms with Gasteiger partial charge in [-0.15, -0.1) is 0 Å². The van der Waals surface area contributed by atoms with Gasteiger partial charge in [0.15, 0.2) is 9.84 Å². The Morgan fingerprint density at radius 2 is 1.83 bits per heavy atom. The summed E-state index contributed by atoms with van der Waals surface area (Å²) in [5, 5.41) is 0. The Hall–Kier alpha value is -1.07. The van der Waals surface area contributed by atoms with Crippen LogP contribution in [0.25, 0.3) is 0 Å². The minimum Gasteiger partial charge on any atom is -0.490 e. The molecule has 0 amide bonds. The van der Waals surface area contributed by atoms with Gasteiger partial charge >= 0.3 is 0 Å². The van der Waals surface area contributed by atoms with Crippen LogP contribution in [0.3, 0.4) is 0 Å². The first-order valence-corrected chi connectivity index (χ1v) is 11.1. The fourth-order valence-electron chi connectivity index (χ4n) is 4.13. The lowest BCUT2D eigenvalue weighted by molar-refractivity contribution is 0.191. The predicted molar refractivity (Wildman–Crippen MR) is 94.9 cm³/mol. The van der Waals surface area contributed by atoms with E-state index < -0.39 is 9.84 Å². The summed E-state index contributed by atoms with van der Waals surface area (Å²) in [5.41, 5.74) is 1.24. The first-order valence-electron chi connectivity index (χ1n) is 9.31. The molecule has 0 spiro atoms. The number of nitrogens with zero attached hydrogens (tertiary/aromatic N) is 1. The van der Waals surface area contributed by atoms with Gasteiger partial charge in [0.1, 0.15) is 5.75 Å². The van der Waals surface area contributed by atoms with Crippen molar-refractivity contribution >= 4 is 9.84 Å². The first-order chi connectivity index (χ1) is 11.6. The third kappa shape index (κ3) is 3.94. The third-order valence-electron chi connectivity index (χ3n) is 5.56. The normalized spacial score (nSPS) is 27.0. The van der Waals surface area contributed by atoms with Gasteiger partial charge in [-0.25, -0.2) is 8.42 Å². The topological polar surface area (TPSA) is 46.6 Å². The monoisotopic (exact) mass is 349 g/mol. The quantitative estimate of drug-likeness (QED) is 0.791. The van der Waals surface area contributed by atoms with Crippen LogP contribution in [0.15, 0.2) is 24.3 Å². The van der Waals surface area contributed by atoms with Gasteiger partial charge in [-0.3, -0.25) is 4.90 Å². The van der Waals surface area contributed by atoms with Crippen molar-refractivity contribution in [1.29, 1.82) is 0 Å². The lowest BCUT2D eigenvalue weighted by atomic mass is 10.1. The molecule has 2 aliphatic carbocycles. The van der Waals surface area contributed by atoms with Crippen molar-refractivity contribution in [3.63, 3.8) is 0 Å². The van der Waals surface area contributed by atoms with E-state index in [4.69, 9.17) is 4.74 Å². The lowest BCUT2D eigenvalue weighted by Crippen LogP contribution is -2.37. The van der Waals surface area contributed by atoms with E-state index in [0.717, 1.165) is 18.7 Å². The van der Waals surface area contributed by atoms with Crippen LogP contribution >= 0.6 is 0 Å². The molecule has 3 fully saturated rings. The molecular formula is C19H27NO3S. The van der Waals surface area contributed by atoms with Crippen LogP contribution in [0.4, 0.5) is 0 Å². The Bertz CT molecular complexity index is 678. The zero-order chi connectivity index (χ0) is 16.6. The Kier molecular flexibility index (Phi) is 4.56. The van der Waals surface area contributed by atoms with E-state index >= 15 is 0 Å². The highest BCUT2D eigenvalue weighted by Gasteiger charge is 2.39. The standard InChI is InChI=1S/C19H27NO3S/c21-24(22)11-10-17(14-24)20(16-8-9-16)13-15-4-3-7-19(12-15)23-18-5-1-2-6-18/h3-4,7,12,16-18H,1-2,5-6,8-11,13-14H2/t17-/m0/s1. The van der Waals surface area contributed by atoms with Crippen LogP contribution in [0.5, 0.6) is 5.75 Å². The molecule has 0 bridgehead atoms. The van der Waals surface area contributed by atoms with Gasteiger partial charge < -0.3 is 4.74 Å². The minimum absolute atomic E-state index is 0.196. The second kappa shape index (κ2) is 6.68. The van der Waals surface area contributed by atoms with Crippen LogP contribution in [0.2, 0.25) is 0 Å². The minimum atomic E-state index is -2.83. The molecule has 4 nitrogen and oxygen atoms in total. The molecule has 0 unspecified atom stereocenters. The molecule has 1 aromatic rings. The number of ether oxygens (including phenoxy) is 1. The molecule has 0 radical (unpaired) electrons. The van der Waals surface area contributed by atoms with Gasteiger partial charge in [-0.2, -0.15) is 0 Å². The van der Waals surface area contributed by atoms with Crippen LogP contribution in [-0.2, 0) is 16.4 Å². The molecule has 3 aliphatic rings. The number of hydrogen-bond donors (Lipinski definition) is 0. The van der Waals surface area contributed by atoms with Gasteiger partial charge in [0.25, 0.3) is 0 Å². The van der Waals surface area contributed by atoms with E-state index in [-0.39, 0.29) is 6.04 Å². The van der Waals surface area contributed by atoms with Gasteiger partial charge in [0, 0.05) is 18.6 Å². The molecule has 5 heteroatoms. The molecule has 4 rings (SSSR count). The average molecular weight is 349 g/mol. The van der Waals surface area contributed by atoms with Crippen molar-refractivity contribution in [3.8, 4) is 5.75 Å². The van der Waals surface area contributed by atoms with E-state index in [1.165, 1.54) is 44.1 Å². The molecule has 2 saturated carbocycles. The molecule has 1 saturated heterocycles. The Morgan fingerprint density at radius 1 is 1.04 bits per heavy atom. The molecule has 1 aliphatic heterocycles. The SMILES string of the molecule is O=S1(=O)CC[C@H](N(Cc2cccc(OC3CCCC3)c2)C2CC2)C1. The maximum absolute atomic E-state index is 11.8. The van der Waals surface area contributed by atoms with Gasteiger partial charge in [0.2, 0.25) is 0 Å². The van der Waals surface area contributed by atoms with Crippen LogP contribution in [-0.4, -0.2) is 43.0 Å². The summed E-state index contributed by atoms with van der Waals surface area (Å²) < 4.78 is 29.8. The van der Waals surface area contributed by atoms with Crippen LogP contribution in [0, 0.1) is 0 Å². The summed E-state index contributed by atoms with van der Waals surface area (Å²) in [5.74, 6) is 1.65. The van der Waals surface area contributed by atoms with Crippen molar-refractivity contribution in [2.24, 2.45) is 0 Å². The fourth-order valence-corrected chi connectivity index (χ4v) is 5.87. The van der Waals surface area contributed by atoms with E-state index in [1.54, 1.807) is 0 Å². The molecule has 1 atom stereocenters. The maximum Gasteiger partial charge on any atom is 0.151 e. The average Bonchev–Trinajstić information content (AvgIpc) is 3.15. The highest BCUT2D eigenvalue weighted by Crippen LogP contribution is 2.34. The van der Waals surface area contributed by atoms with Crippen LogP contribution in [0.1, 0.15) is 50.5 Å². The summed E-state index contributed by atoms with van der Waals surface area (Å²) >= 11 is 0. The highest BCUT2D eigenvalue weighted by molar-refractivity contribution is 7.91. The van der Waals surface area contributed by atoms with Gasteiger partial charge in [-0.05, 0) is 62.6 Å². The van der Waals surface area contributed by atoms with Crippen molar-refractivity contribution in [2.45, 2.75) is 69.7 Å². The molecular weight excluding hydrogens is 322 g/mol. The highest BCUT2D eigenvalue weighted by atomic mass is 32.2. The van der Waals surface area contributed by atoms with Crippen molar-refractivity contribution < 1.29 is 13.2 Å². The summed E-state index contributed by atoms with van der Waals surface area (Å²) in [4.78, 5) is 2.43. The van der Waals surface area contributed by atoms with Gasteiger partial charge in [0.05, 0.1) is 17.6 Å². The second-order valence-electron chi connectivity index (χ2n) is 7.63. The lowest BCUT2D eigenvalue weighted by Gasteiger charge is -2.28. The maximum atomic E-state index is 11.8. The molecule has 24 heavy (non-hydrogen) atoms. The van der Waals surface area contributed by atoms with Crippen molar-refractivity contribution in [1.82, 2.24) is 4.90 Å². The number of sulfone groups is 1. The Balaban J connectivity index is 1.44. The smallest absolute Gasteiger partial charge is 0.151 e. The number of rotatable bonds is 6. The summed E-state index contributed by atoms with van der Waals surface area (Å²) in [6.07, 6.45) is 8.45. The van der Waals surface area contributed by atoms with E-state index in [2.05, 4.69) is 23.1 Å². The number of benzene rings is 1.